The summed E-state index contributed by atoms with van der Waals surface area (Å²) in [6, 6.07) is 9.60. The molecule has 2 fully saturated rings. The van der Waals surface area contributed by atoms with E-state index in [0.717, 1.165) is 56.2 Å². The fourth-order valence-corrected chi connectivity index (χ4v) is 5.77. The van der Waals surface area contributed by atoms with E-state index in [-0.39, 0.29) is 11.7 Å². The maximum Gasteiger partial charge on any atom is 0.246 e. The Kier molecular flexibility index (Phi) is 10.2. The molecule has 0 radical (unpaired) electrons. The Bertz CT molecular complexity index is 787. The van der Waals surface area contributed by atoms with Crippen molar-refractivity contribution in [1.82, 2.24) is 10.6 Å². The van der Waals surface area contributed by atoms with Crippen LogP contribution in [0.2, 0.25) is 0 Å². The first-order valence-electron chi connectivity index (χ1n) is 13.8. The van der Waals surface area contributed by atoms with Gasteiger partial charge in [-0.05, 0) is 36.7 Å². The monoisotopic (exact) mass is 466 g/mol. The van der Waals surface area contributed by atoms with Crippen LogP contribution in [0.1, 0.15) is 109 Å². The SMILES string of the molecule is C=C(NC1(C(=O)NC(CC(C)C)C(=O)CC2CCCCCCC2)CCCCC1)c1ccccc1. The van der Waals surface area contributed by atoms with Gasteiger partial charge in [0, 0.05) is 12.1 Å². The normalized spacial score (nSPS) is 20.1. The van der Waals surface area contributed by atoms with E-state index in [9.17, 15) is 9.59 Å². The molecule has 0 heterocycles. The molecule has 0 aromatic heterocycles. The van der Waals surface area contributed by atoms with Crippen LogP contribution in [0.25, 0.3) is 5.70 Å². The van der Waals surface area contributed by atoms with Crippen molar-refractivity contribution in [3.63, 3.8) is 0 Å². The lowest BCUT2D eigenvalue weighted by molar-refractivity contribution is -0.133. The molecule has 0 bridgehead atoms. The van der Waals surface area contributed by atoms with Crippen molar-refractivity contribution in [2.75, 3.05) is 0 Å². The van der Waals surface area contributed by atoms with E-state index < -0.39 is 11.6 Å². The zero-order chi connectivity index (χ0) is 24.4. The molecule has 2 aliphatic carbocycles. The number of Topliss-reactive ketones (excluding diaryl/α,β-unsaturated/α-hetero) is 1. The second-order valence-corrected chi connectivity index (χ2v) is 11.1. The highest BCUT2D eigenvalue weighted by Gasteiger charge is 2.41. The predicted molar refractivity (Wildman–Crippen MR) is 141 cm³/mol. The second-order valence-electron chi connectivity index (χ2n) is 11.1. The average Bonchev–Trinajstić information content (AvgIpc) is 2.81. The van der Waals surface area contributed by atoms with Gasteiger partial charge in [0.25, 0.3) is 0 Å². The number of benzene rings is 1. The van der Waals surface area contributed by atoms with Crippen LogP contribution in [0.5, 0.6) is 0 Å². The van der Waals surface area contributed by atoms with E-state index in [1.165, 1.54) is 32.1 Å². The summed E-state index contributed by atoms with van der Waals surface area (Å²) in [6.07, 6.45) is 14.7. The zero-order valence-electron chi connectivity index (χ0n) is 21.5. The Hall–Kier alpha value is -2.10. The first-order chi connectivity index (χ1) is 16.4. The van der Waals surface area contributed by atoms with Crippen molar-refractivity contribution in [2.24, 2.45) is 11.8 Å². The molecule has 3 rings (SSSR count). The molecule has 1 amide bonds. The molecule has 1 aromatic carbocycles. The summed E-state index contributed by atoms with van der Waals surface area (Å²) in [4.78, 5) is 27.3. The highest BCUT2D eigenvalue weighted by Crippen LogP contribution is 2.32. The predicted octanol–water partition coefficient (Wildman–Crippen LogP) is 6.80. The first kappa shape index (κ1) is 26.5. The Morgan fingerprint density at radius 3 is 2.15 bits per heavy atom. The van der Waals surface area contributed by atoms with E-state index in [2.05, 4.69) is 31.1 Å². The van der Waals surface area contributed by atoms with Crippen molar-refractivity contribution in [3.8, 4) is 0 Å². The topological polar surface area (TPSA) is 58.2 Å². The van der Waals surface area contributed by atoms with Crippen LogP contribution >= 0.6 is 0 Å². The van der Waals surface area contributed by atoms with Crippen LogP contribution in [0.15, 0.2) is 36.9 Å². The Labute approximate surface area is 207 Å². The molecule has 1 unspecified atom stereocenters. The molecule has 1 aromatic rings. The lowest BCUT2D eigenvalue weighted by Gasteiger charge is -2.39. The quantitative estimate of drug-likeness (QED) is 0.399. The van der Waals surface area contributed by atoms with Crippen molar-refractivity contribution in [1.29, 1.82) is 0 Å². The van der Waals surface area contributed by atoms with Crippen LogP contribution < -0.4 is 10.6 Å². The number of hydrogen-bond acceptors (Lipinski definition) is 3. The number of rotatable bonds is 10. The largest absolute Gasteiger partial charge is 0.371 e. The summed E-state index contributed by atoms with van der Waals surface area (Å²) in [5.41, 5.74) is 1.08. The number of ketones is 1. The van der Waals surface area contributed by atoms with Gasteiger partial charge in [0.05, 0.1) is 6.04 Å². The minimum atomic E-state index is -0.694. The minimum absolute atomic E-state index is 0.0269. The molecule has 0 saturated heterocycles. The van der Waals surface area contributed by atoms with Crippen LogP contribution in [0, 0.1) is 11.8 Å². The summed E-state index contributed by atoms with van der Waals surface area (Å²) < 4.78 is 0. The summed E-state index contributed by atoms with van der Waals surface area (Å²) in [5, 5.41) is 6.77. The maximum absolute atomic E-state index is 13.8. The van der Waals surface area contributed by atoms with Crippen LogP contribution in [-0.4, -0.2) is 23.3 Å². The molecule has 1 atom stereocenters. The number of amides is 1. The lowest BCUT2D eigenvalue weighted by atomic mass is 9.79. The van der Waals surface area contributed by atoms with E-state index in [1.54, 1.807) is 0 Å². The van der Waals surface area contributed by atoms with Crippen molar-refractivity contribution >= 4 is 17.4 Å². The smallest absolute Gasteiger partial charge is 0.246 e. The zero-order valence-corrected chi connectivity index (χ0v) is 21.5. The van der Waals surface area contributed by atoms with E-state index >= 15 is 0 Å². The summed E-state index contributed by atoms with van der Waals surface area (Å²) in [5.74, 6) is 1.02. The molecule has 4 heteroatoms. The third-order valence-electron chi connectivity index (χ3n) is 7.77. The third kappa shape index (κ3) is 7.71. The first-order valence-corrected chi connectivity index (χ1v) is 13.8. The Morgan fingerprint density at radius 1 is 0.941 bits per heavy atom. The van der Waals surface area contributed by atoms with Crippen LogP contribution in [0.4, 0.5) is 0 Å². The summed E-state index contributed by atoms with van der Waals surface area (Å²) >= 11 is 0. The fraction of sp³-hybridized carbons (Fsp3) is 0.667. The van der Waals surface area contributed by atoms with Gasteiger partial charge in [0.15, 0.2) is 5.78 Å². The molecule has 188 valence electrons. The molecular weight excluding hydrogens is 420 g/mol. The number of carbonyl (C=O) groups excluding carboxylic acids is 2. The molecule has 2 aliphatic rings. The van der Waals surface area contributed by atoms with E-state index in [1.807, 2.05) is 30.3 Å². The van der Waals surface area contributed by atoms with Gasteiger partial charge in [-0.15, -0.1) is 0 Å². The van der Waals surface area contributed by atoms with Gasteiger partial charge in [-0.1, -0.05) is 115 Å². The minimum Gasteiger partial charge on any atom is -0.371 e. The third-order valence-corrected chi connectivity index (χ3v) is 7.77. The Morgan fingerprint density at radius 2 is 1.53 bits per heavy atom. The number of hydrogen-bond donors (Lipinski definition) is 2. The Balaban J connectivity index is 1.71. The van der Waals surface area contributed by atoms with E-state index in [4.69, 9.17) is 0 Å². The van der Waals surface area contributed by atoms with Crippen molar-refractivity contribution in [3.05, 3.63) is 42.5 Å². The van der Waals surface area contributed by atoms with Gasteiger partial charge in [-0.3, -0.25) is 9.59 Å². The second kappa shape index (κ2) is 13.1. The molecule has 34 heavy (non-hydrogen) atoms. The van der Waals surface area contributed by atoms with Gasteiger partial charge in [0.1, 0.15) is 5.54 Å². The average molecular weight is 467 g/mol. The molecule has 2 N–H and O–H groups in total. The van der Waals surface area contributed by atoms with Gasteiger partial charge in [0.2, 0.25) is 5.91 Å². The van der Waals surface area contributed by atoms with Crippen molar-refractivity contribution in [2.45, 2.75) is 115 Å². The highest BCUT2D eigenvalue weighted by atomic mass is 16.2. The van der Waals surface area contributed by atoms with Gasteiger partial charge in [-0.25, -0.2) is 0 Å². The molecule has 0 spiro atoms. The number of nitrogens with one attached hydrogen (secondary N) is 2. The maximum atomic E-state index is 13.8. The molecule has 2 saturated carbocycles. The van der Waals surface area contributed by atoms with Gasteiger partial charge < -0.3 is 10.6 Å². The fourth-order valence-electron chi connectivity index (χ4n) is 5.77. The molecular formula is C30H46N2O2. The van der Waals surface area contributed by atoms with E-state index in [0.29, 0.717) is 24.7 Å². The molecule has 4 nitrogen and oxygen atoms in total. The van der Waals surface area contributed by atoms with Crippen molar-refractivity contribution < 1.29 is 9.59 Å². The van der Waals surface area contributed by atoms with Crippen LogP contribution in [-0.2, 0) is 9.59 Å². The summed E-state index contributed by atoms with van der Waals surface area (Å²) in [6.45, 7) is 8.51. The van der Waals surface area contributed by atoms with Crippen LogP contribution in [0.3, 0.4) is 0 Å². The highest BCUT2D eigenvalue weighted by molar-refractivity contribution is 5.94. The van der Waals surface area contributed by atoms with Gasteiger partial charge >= 0.3 is 0 Å². The van der Waals surface area contributed by atoms with Gasteiger partial charge in [-0.2, -0.15) is 0 Å². The summed E-state index contributed by atoms with van der Waals surface area (Å²) in [7, 11) is 0. The number of carbonyl (C=O) groups is 2. The molecule has 0 aliphatic heterocycles. The lowest BCUT2D eigenvalue weighted by Crippen LogP contribution is -2.60. The standard InChI is InChI=1S/C30H46N2O2/c1-23(2)21-27(28(33)22-25-15-9-5-4-6-10-16-25)31-29(34)30(19-13-8-14-20-30)32-24(3)26-17-11-7-12-18-26/h7,11-12,17-18,23,25,27,32H,3-6,8-10,13-16,19-22H2,1-2H3,(H,31,34).